The lowest BCUT2D eigenvalue weighted by Crippen LogP contribution is -2.29. The highest BCUT2D eigenvalue weighted by atomic mass is 16.5. The van der Waals surface area contributed by atoms with Gasteiger partial charge in [-0.05, 0) is 49.4 Å². The third kappa shape index (κ3) is 3.00. The first kappa shape index (κ1) is 19.1. The molecule has 1 aromatic rings. The van der Waals surface area contributed by atoms with Crippen molar-refractivity contribution in [3.63, 3.8) is 0 Å². The van der Waals surface area contributed by atoms with E-state index in [4.69, 9.17) is 14.2 Å². The molecule has 0 saturated heterocycles. The molecule has 0 radical (unpaired) electrons. The molecule has 0 unspecified atom stereocenters. The van der Waals surface area contributed by atoms with E-state index in [1.54, 1.807) is 26.9 Å². The summed E-state index contributed by atoms with van der Waals surface area (Å²) in [7, 11) is 5.28. The van der Waals surface area contributed by atoms with Crippen LogP contribution in [0.15, 0.2) is 11.6 Å². The maximum atomic E-state index is 5.95. The van der Waals surface area contributed by atoms with Crippen LogP contribution in [-0.4, -0.2) is 21.3 Å². The summed E-state index contributed by atoms with van der Waals surface area (Å²) in [5.41, 5.74) is 5.64. The predicted molar refractivity (Wildman–Crippen MR) is 107 cm³/mol. The van der Waals surface area contributed by atoms with E-state index in [1.165, 1.54) is 30.4 Å². The van der Waals surface area contributed by atoms with E-state index in [0.717, 1.165) is 35.7 Å². The summed E-state index contributed by atoms with van der Waals surface area (Å²) in [6, 6.07) is 0. The van der Waals surface area contributed by atoms with E-state index < -0.39 is 0 Å². The van der Waals surface area contributed by atoms with Crippen LogP contribution in [0.1, 0.15) is 69.6 Å². The third-order valence-electron chi connectivity index (χ3n) is 6.45. The Kier molecular flexibility index (Phi) is 5.28. The van der Waals surface area contributed by atoms with Gasteiger partial charge in [-0.15, -0.1) is 0 Å². The molecule has 0 heterocycles. The molecule has 0 saturated carbocycles. The lowest BCUT2D eigenvalue weighted by molar-refractivity contribution is 0.203. The number of methoxy groups -OCH3 is 3. The van der Waals surface area contributed by atoms with Crippen LogP contribution in [-0.2, 0) is 12.8 Å². The molecule has 0 bridgehead atoms. The molecule has 1 atom stereocenters. The highest BCUT2D eigenvalue weighted by Gasteiger charge is 2.38. The molecule has 0 fully saturated rings. The van der Waals surface area contributed by atoms with Crippen LogP contribution in [0, 0.1) is 11.3 Å². The van der Waals surface area contributed by atoms with Gasteiger partial charge in [0.1, 0.15) is 5.75 Å². The minimum Gasteiger partial charge on any atom is -0.496 e. The summed E-state index contributed by atoms with van der Waals surface area (Å²) < 4.78 is 17.7. The van der Waals surface area contributed by atoms with E-state index in [0.29, 0.717) is 17.3 Å². The Morgan fingerprint density at radius 1 is 0.962 bits per heavy atom. The molecular weight excluding hydrogens is 324 g/mol. The topological polar surface area (TPSA) is 27.7 Å². The van der Waals surface area contributed by atoms with Crippen LogP contribution < -0.4 is 14.2 Å². The fourth-order valence-corrected chi connectivity index (χ4v) is 5.14. The van der Waals surface area contributed by atoms with E-state index in [-0.39, 0.29) is 0 Å². The van der Waals surface area contributed by atoms with Crippen LogP contribution in [0.4, 0.5) is 0 Å². The van der Waals surface area contributed by atoms with Crippen LogP contribution in [0.3, 0.4) is 0 Å². The lowest BCUT2D eigenvalue weighted by Gasteiger charge is -2.39. The first-order valence-electron chi connectivity index (χ1n) is 9.88. The molecule has 3 nitrogen and oxygen atoms in total. The second-order valence-corrected chi connectivity index (χ2v) is 8.70. The quantitative estimate of drug-likeness (QED) is 0.647. The first-order valence-corrected chi connectivity index (χ1v) is 9.88. The van der Waals surface area contributed by atoms with Crippen LogP contribution in [0.25, 0.3) is 0 Å². The molecule has 0 spiro atoms. The molecule has 26 heavy (non-hydrogen) atoms. The smallest absolute Gasteiger partial charge is 0.168 e. The number of hydrogen-bond acceptors (Lipinski definition) is 3. The van der Waals surface area contributed by atoms with Crippen molar-refractivity contribution < 1.29 is 14.2 Å². The van der Waals surface area contributed by atoms with E-state index in [2.05, 4.69) is 33.8 Å². The fraction of sp³-hybridized carbons (Fsp3) is 0.652. The number of hydrogen-bond donors (Lipinski definition) is 0. The maximum Gasteiger partial charge on any atom is 0.168 e. The van der Waals surface area contributed by atoms with Gasteiger partial charge < -0.3 is 14.2 Å². The molecule has 0 amide bonds. The highest BCUT2D eigenvalue weighted by molar-refractivity contribution is 5.65. The summed E-state index contributed by atoms with van der Waals surface area (Å²) in [6.45, 7) is 9.23. The minimum absolute atomic E-state index is 0.306. The zero-order valence-electron chi connectivity index (χ0n) is 17.5. The predicted octanol–water partition coefficient (Wildman–Crippen LogP) is 5.69. The molecule has 0 N–H and O–H groups in total. The van der Waals surface area contributed by atoms with Gasteiger partial charge in [0.15, 0.2) is 11.5 Å². The lowest BCUT2D eigenvalue weighted by atomic mass is 9.66. The molecule has 0 aromatic heterocycles. The molecule has 144 valence electrons. The van der Waals surface area contributed by atoms with Gasteiger partial charge in [-0.3, -0.25) is 0 Å². The summed E-state index contributed by atoms with van der Waals surface area (Å²) in [4.78, 5) is 0. The van der Waals surface area contributed by atoms with Crippen LogP contribution in [0.5, 0.6) is 17.2 Å². The Morgan fingerprint density at radius 3 is 2.19 bits per heavy atom. The zero-order valence-corrected chi connectivity index (χ0v) is 17.5. The summed E-state index contributed by atoms with van der Waals surface area (Å²) in [5.74, 6) is 3.68. The molecule has 0 aliphatic heterocycles. The third-order valence-corrected chi connectivity index (χ3v) is 6.45. The van der Waals surface area contributed by atoms with Gasteiger partial charge in [-0.2, -0.15) is 0 Å². The second-order valence-electron chi connectivity index (χ2n) is 8.70. The molecular formula is C23H34O3. The van der Waals surface area contributed by atoms with Crippen molar-refractivity contribution in [1.29, 1.82) is 0 Å². The average Bonchev–Trinajstić information content (AvgIpc) is 2.79. The van der Waals surface area contributed by atoms with Gasteiger partial charge in [0.05, 0.1) is 21.3 Å². The van der Waals surface area contributed by atoms with Gasteiger partial charge in [-0.25, -0.2) is 0 Å². The summed E-state index contributed by atoms with van der Waals surface area (Å²) >= 11 is 0. The van der Waals surface area contributed by atoms with Crippen molar-refractivity contribution in [3.8, 4) is 17.2 Å². The van der Waals surface area contributed by atoms with Gasteiger partial charge in [0.25, 0.3) is 0 Å². The standard InChI is InChI=1S/C23H34O3/c1-14(2)19-20(24-5)16-10-11-18-15(9-8-12-23(18,3)4)13-17(16)21(25-6)22(19)26-7/h9,14,18H,8,10-13H2,1-7H3/t18-/m1/s1. The second kappa shape index (κ2) is 7.17. The number of rotatable bonds is 4. The Morgan fingerprint density at radius 2 is 1.62 bits per heavy atom. The fourth-order valence-electron chi connectivity index (χ4n) is 5.14. The van der Waals surface area contributed by atoms with Crippen molar-refractivity contribution in [2.24, 2.45) is 11.3 Å². The maximum absolute atomic E-state index is 5.95. The molecule has 3 rings (SSSR count). The van der Waals surface area contributed by atoms with Crippen molar-refractivity contribution in [1.82, 2.24) is 0 Å². The zero-order chi connectivity index (χ0) is 19.1. The van der Waals surface area contributed by atoms with Crippen molar-refractivity contribution in [2.45, 2.75) is 65.7 Å². The Balaban J connectivity index is 2.24. The Hall–Kier alpha value is -1.64. The van der Waals surface area contributed by atoms with Crippen LogP contribution in [0.2, 0.25) is 0 Å². The first-order chi connectivity index (χ1) is 12.4. The number of allylic oxidation sites excluding steroid dienone is 2. The minimum atomic E-state index is 0.306. The largest absolute Gasteiger partial charge is 0.496 e. The summed E-state index contributed by atoms with van der Waals surface area (Å²) in [6.07, 6.45) is 8.07. The van der Waals surface area contributed by atoms with Gasteiger partial charge in [-0.1, -0.05) is 39.3 Å². The Bertz CT molecular complexity index is 713. The normalized spacial score (nSPS) is 21.4. The number of fused-ring (bicyclic) bond motifs is 2. The van der Waals surface area contributed by atoms with Gasteiger partial charge in [0.2, 0.25) is 0 Å². The van der Waals surface area contributed by atoms with Crippen molar-refractivity contribution in [2.75, 3.05) is 21.3 Å². The average molecular weight is 359 g/mol. The van der Waals surface area contributed by atoms with E-state index in [1.807, 2.05) is 0 Å². The number of benzene rings is 1. The SMILES string of the molecule is COc1c2c(c(OC)c(C(C)C)c1OC)CC[C@@H]1C(=CCCC1(C)C)C2. The molecule has 2 aliphatic carbocycles. The molecule has 3 heteroatoms. The van der Waals surface area contributed by atoms with Gasteiger partial charge in [0, 0.05) is 16.7 Å². The van der Waals surface area contributed by atoms with Crippen molar-refractivity contribution >= 4 is 0 Å². The molecule has 2 aliphatic rings. The van der Waals surface area contributed by atoms with Crippen molar-refractivity contribution in [3.05, 3.63) is 28.3 Å². The highest BCUT2D eigenvalue weighted by Crippen LogP contribution is 2.53. The Labute approximate surface area is 158 Å². The number of ether oxygens (including phenoxy) is 3. The van der Waals surface area contributed by atoms with Gasteiger partial charge >= 0.3 is 0 Å². The summed E-state index contributed by atoms with van der Waals surface area (Å²) in [5, 5.41) is 0. The van der Waals surface area contributed by atoms with Crippen LogP contribution >= 0.6 is 0 Å². The monoisotopic (exact) mass is 358 g/mol. The van der Waals surface area contributed by atoms with E-state index >= 15 is 0 Å². The van der Waals surface area contributed by atoms with E-state index in [9.17, 15) is 0 Å². The molecule has 1 aromatic carbocycles.